The molecule has 0 bridgehead atoms. The van der Waals surface area contributed by atoms with Gasteiger partial charge in [-0.3, -0.25) is 0 Å². The lowest BCUT2D eigenvalue weighted by atomic mass is 9.74. The number of nitrogens with one attached hydrogen (secondary N) is 1. The van der Waals surface area contributed by atoms with E-state index in [1.165, 1.54) is 0 Å². The first-order valence-electron chi connectivity index (χ1n) is 7.97. The molecule has 1 heterocycles. The number of sulfonamides is 1. The topological polar surface area (TPSA) is 81.4 Å². The van der Waals surface area contributed by atoms with E-state index in [1.54, 1.807) is 18.2 Å². The molecule has 3 rings (SSSR count). The van der Waals surface area contributed by atoms with Crippen LogP contribution in [0, 0.1) is 5.92 Å². The van der Waals surface area contributed by atoms with Crippen molar-refractivity contribution in [2.45, 2.75) is 49.5 Å². The quantitative estimate of drug-likeness (QED) is 0.862. The Hall–Kier alpha value is -0.820. The van der Waals surface area contributed by atoms with Gasteiger partial charge in [0.05, 0.1) is 11.5 Å². The van der Waals surface area contributed by atoms with Gasteiger partial charge < -0.3 is 10.5 Å². The van der Waals surface area contributed by atoms with Crippen LogP contribution in [0.1, 0.15) is 38.2 Å². The SMILES string of the molecule is CC1CCCCC1(CN)NS(=O)(=O)c1ccc2c(c1)CCO2.Cl. The lowest BCUT2D eigenvalue weighted by Gasteiger charge is -2.42. The molecule has 0 radical (unpaired) electrons. The van der Waals surface area contributed by atoms with E-state index in [4.69, 9.17) is 10.5 Å². The molecule has 5 nitrogen and oxygen atoms in total. The first-order valence-corrected chi connectivity index (χ1v) is 9.45. The van der Waals surface area contributed by atoms with Gasteiger partial charge in [0, 0.05) is 18.5 Å². The lowest BCUT2D eigenvalue weighted by molar-refractivity contribution is 0.191. The van der Waals surface area contributed by atoms with Crippen LogP contribution in [0.5, 0.6) is 5.75 Å². The van der Waals surface area contributed by atoms with E-state index in [0.29, 0.717) is 18.0 Å². The number of benzene rings is 1. The number of hydrogen-bond acceptors (Lipinski definition) is 4. The fraction of sp³-hybridized carbons (Fsp3) is 0.625. The van der Waals surface area contributed by atoms with E-state index in [0.717, 1.165) is 43.4 Å². The van der Waals surface area contributed by atoms with E-state index in [1.807, 2.05) is 0 Å². The summed E-state index contributed by atoms with van der Waals surface area (Å²) in [5, 5.41) is 0. The van der Waals surface area contributed by atoms with E-state index in [-0.39, 0.29) is 18.3 Å². The van der Waals surface area contributed by atoms with Crippen molar-refractivity contribution in [1.29, 1.82) is 0 Å². The Labute approximate surface area is 144 Å². The monoisotopic (exact) mass is 360 g/mol. The van der Waals surface area contributed by atoms with E-state index in [9.17, 15) is 8.42 Å². The van der Waals surface area contributed by atoms with Crippen molar-refractivity contribution in [3.05, 3.63) is 23.8 Å². The van der Waals surface area contributed by atoms with Gasteiger partial charge in [-0.25, -0.2) is 13.1 Å². The zero-order valence-electron chi connectivity index (χ0n) is 13.4. The third kappa shape index (κ3) is 3.50. The molecule has 0 spiro atoms. The minimum absolute atomic E-state index is 0. The number of rotatable bonds is 4. The third-order valence-corrected chi connectivity index (χ3v) is 6.68. The zero-order valence-corrected chi connectivity index (χ0v) is 15.0. The van der Waals surface area contributed by atoms with E-state index < -0.39 is 15.6 Å². The summed E-state index contributed by atoms with van der Waals surface area (Å²) >= 11 is 0. The summed E-state index contributed by atoms with van der Waals surface area (Å²) in [5.74, 6) is 1.04. The van der Waals surface area contributed by atoms with Gasteiger partial charge in [-0.05, 0) is 42.5 Å². The smallest absolute Gasteiger partial charge is 0.241 e. The fourth-order valence-electron chi connectivity index (χ4n) is 3.57. The Balaban J connectivity index is 0.00000192. The maximum atomic E-state index is 12.8. The molecule has 7 heteroatoms. The van der Waals surface area contributed by atoms with Gasteiger partial charge in [-0.2, -0.15) is 0 Å². The Bertz CT molecular complexity index is 665. The molecular weight excluding hydrogens is 336 g/mol. The molecule has 1 aromatic carbocycles. The third-order valence-electron chi connectivity index (χ3n) is 5.13. The van der Waals surface area contributed by atoms with Gasteiger partial charge in [0.25, 0.3) is 0 Å². The van der Waals surface area contributed by atoms with Crippen molar-refractivity contribution in [2.24, 2.45) is 11.7 Å². The van der Waals surface area contributed by atoms with Gasteiger partial charge >= 0.3 is 0 Å². The summed E-state index contributed by atoms with van der Waals surface area (Å²) in [7, 11) is -3.57. The summed E-state index contributed by atoms with van der Waals surface area (Å²) in [4.78, 5) is 0.308. The van der Waals surface area contributed by atoms with Crippen LogP contribution in [0.2, 0.25) is 0 Å². The highest BCUT2D eigenvalue weighted by Crippen LogP contribution is 2.35. The van der Waals surface area contributed by atoms with Crippen molar-refractivity contribution in [3.8, 4) is 5.75 Å². The first-order chi connectivity index (χ1) is 10.5. The molecule has 1 saturated carbocycles. The van der Waals surface area contributed by atoms with Crippen LogP contribution in [-0.4, -0.2) is 27.1 Å². The number of nitrogens with two attached hydrogens (primary N) is 1. The van der Waals surface area contributed by atoms with Gasteiger partial charge in [-0.15, -0.1) is 12.4 Å². The number of hydrogen-bond donors (Lipinski definition) is 2. The highest BCUT2D eigenvalue weighted by Gasteiger charge is 2.40. The molecule has 3 N–H and O–H groups in total. The summed E-state index contributed by atoms with van der Waals surface area (Å²) in [5.41, 5.74) is 6.40. The second-order valence-corrected chi connectivity index (χ2v) is 8.16. The average molecular weight is 361 g/mol. The van der Waals surface area contributed by atoms with Crippen LogP contribution >= 0.6 is 12.4 Å². The summed E-state index contributed by atoms with van der Waals surface area (Å²) in [6.45, 7) is 3.04. The Kier molecular flexibility index (Phi) is 5.61. The molecule has 0 aromatic heterocycles. The van der Waals surface area contributed by atoms with E-state index in [2.05, 4.69) is 11.6 Å². The molecule has 2 unspecified atom stereocenters. The summed E-state index contributed by atoms with van der Waals surface area (Å²) in [6.07, 6.45) is 4.73. The molecule has 1 aliphatic carbocycles. The standard InChI is InChI=1S/C16H24N2O3S.ClH/c1-12-4-2-3-8-16(12,11-17)18-22(19,20)14-5-6-15-13(10-14)7-9-21-15;/h5-6,10,12,18H,2-4,7-9,11,17H2,1H3;1H. The highest BCUT2D eigenvalue weighted by atomic mass is 35.5. The number of ether oxygens (including phenoxy) is 1. The predicted octanol–water partition coefficient (Wildman–Crippen LogP) is 2.23. The Morgan fingerprint density at radius 3 is 2.87 bits per heavy atom. The molecule has 2 aliphatic rings. The van der Waals surface area contributed by atoms with Gasteiger partial charge in [0.15, 0.2) is 0 Å². The van der Waals surface area contributed by atoms with Crippen LogP contribution in [-0.2, 0) is 16.4 Å². The summed E-state index contributed by atoms with van der Waals surface area (Å²) < 4.78 is 34.0. The maximum absolute atomic E-state index is 12.8. The second kappa shape index (κ2) is 6.97. The van der Waals surface area contributed by atoms with E-state index >= 15 is 0 Å². The van der Waals surface area contributed by atoms with Crippen molar-refractivity contribution in [2.75, 3.05) is 13.2 Å². The summed E-state index contributed by atoms with van der Waals surface area (Å²) in [6, 6.07) is 5.09. The molecule has 1 aromatic rings. The first kappa shape index (κ1) is 18.5. The molecule has 0 saturated heterocycles. The normalized spacial score (nSPS) is 27.0. The molecule has 2 atom stereocenters. The lowest BCUT2D eigenvalue weighted by Crippen LogP contribution is -2.58. The molecule has 0 amide bonds. The largest absolute Gasteiger partial charge is 0.493 e. The van der Waals surface area contributed by atoms with Crippen LogP contribution in [0.25, 0.3) is 0 Å². The van der Waals surface area contributed by atoms with Crippen LogP contribution in [0.15, 0.2) is 23.1 Å². The Morgan fingerprint density at radius 1 is 1.39 bits per heavy atom. The average Bonchev–Trinajstić information content (AvgIpc) is 2.97. The number of fused-ring (bicyclic) bond motifs is 1. The van der Waals surface area contributed by atoms with Gasteiger partial charge in [0.1, 0.15) is 5.75 Å². The molecule has 1 fully saturated rings. The maximum Gasteiger partial charge on any atom is 0.241 e. The van der Waals surface area contributed by atoms with Crippen LogP contribution in [0.3, 0.4) is 0 Å². The Morgan fingerprint density at radius 2 is 2.17 bits per heavy atom. The predicted molar refractivity (Wildman–Crippen MR) is 92.6 cm³/mol. The molecule has 23 heavy (non-hydrogen) atoms. The van der Waals surface area contributed by atoms with Gasteiger partial charge in [-0.1, -0.05) is 19.8 Å². The molecule has 1 aliphatic heterocycles. The minimum atomic E-state index is -3.57. The van der Waals surface area contributed by atoms with Crippen molar-refractivity contribution in [3.63, 3.8) is 0 Å². The van der Waals surface area contributed by atoms with Crippen molar-refractivity contribution >= 4 is 22.4 Å². The minimum Gasteiger partial charge on any atom is -0.493 e. The fourth-order valence-corrected chi connectivity index (χ4v) is 5.15. The van der Waals surface area contributed by atoms with Crippen LogP contribution in [0.4, 0.5) is 0 Å². The molecular formula is C16H25ClN2O3S. The highest BCUT2D eigenvalue weighted by molar-refractivity contribution is 7.89. The zero-order chi connectivity index (χ0) is 15.8. The van der Waals surface area contributed by atoms with Crippen molar-refractivity contribution in [1.82, 2.24) is 4.72 Å². The van der Waals surface area contributed by atoms with Crippen LogP contribution < -0.4 is 15.2 Å². The van der Waals surface area contributed by atoms with Crippen molar-refractivity contribution < 1.29 is 13.2 Å². The second-order valence-electron chi connectivity index (χ2n) is 6.48. The number of halogens is 1. The molecule has 130 valence electrons. The van der Waals surface area contributed by atoms with Gasteiger partial charge in [0.2, 0.25) is 10.0 Å².